The molecule has 0 aliphatic rings. The zero-order valence-corrected chi connectivity index (χ0v) is 17.3. The lowest BCUT2D eigenvalue weighted by Gasteiger charge is -2.10. The first-order chi connectivity index (χ1) is 14.7. The molecule has 0 saturated heterocycles. The maximum atomic E-state index is 12.7. The predicted octanol–water partition coefficient (Wildman–Crippen LogP) is 6.30. The molecule has 1 N–H and O–H groups in total. The van der Waals surface area contributed by atoms with E-state index in [4.69, 9.17) is 4.74 Å². The van der Waals surface area contributed by atoms with Crippen LogP contribution in [-0.2, 0) is 11.3 Å². The number of aryl methyl sites for hydroxylation is 1. The molecule has 31 heavy (non-hydrogen) atoms. The Balaban J connectivity index is 1.72. The third-order valence-corrected chi connectivity index (χ3v) is 4.58. The molecule has 0 aliphatic carbocycles. The Kier molecular flexibility index (Phi) is 7.07. The number of pyridine rings is 1. The van der Waals surface area contributed by atoms with Crippen LogP contribution < -0.4 is 5.32 Å². The molecule has 7 heteroatoms. The standard InChI is InChI=1S/C24H23F3N2O2/c1-3-10-31-15-18-12-19-5-6-20(13-22(19)28-14-18)29-23(30)21-7-4-17(11-16(21)2)8-9-24(25,26)27/h4-9,11-14H,3,10,15H2,1-2H3,(H,29,30)/b9-8+. The minimum absolute atomic E-state index is 0.172. The van der Waals surface area contributed by atoms with Crippen molar-refractivity contribution in [3.05, 3.63) is 77.0 Å². The highest BCUT2D eigenvalue weighted by Crippen LogP contribution is 2.22. The van der Waals surface area contributed by atoms with E-state index in [1.165, 1.54) is 12.1 Å². The van der Waals surface area contributed by atoms with E-state index in [-0.39, 0.29) is 12.0 Å². The molecule has 3 rings (SSSR count). The molecule has 0 saturated carbocycles. The lowest BCUT2D eigenvalue weighted by atomic mass is 10.0. The van der Waals surface area contributed by atoms with Gasteiger partial charge in [-0.2, -0.15) is 13.2 Å². The van der Waals surface area contributed by atoms with Crippen LogP contribution in [0.2, 0.25) is 0 Å². The maximum absolute atomic E-state index is 12.7. The Bertz CT molecular complexity index is 1110. The van der Waals surface area contributed by atoms with E-state index in [9.17, 15) is 18.0 Å². The van der Waals surface area contributed by atoms with Gasteiger partial charge in [-0.15, -0.1) is 0 Å². The van der Waals surface area contributed by atoms with Crippen LogP contribution in [0.25, 0.3) is 17.0 Å². The number of benzene rings is 2. The van der Waals surface area contributed by atoms with Gasteiger partial charge < -0.3 is 10.1 Å². The van der Waals surface area contributed by atoms with E-state index in [1.54, 1.807) is 31.3 Å². The number of aromatic nitrogens is 1. The Morgan fingerprint density at radius 2 is 1.97 bits per heavy atom. The Labute approximate surface area is 178 Å². The normalized spacial score (nSPS) is 11.9. The number of hydrogen-bond donors (Lipinski definition) is 1. The van der Waals surface area contributed by atoms with Gasteiger partial charge >= 0.3 is 6.18 Å². The number of ether oxygens (including phenoxy) is 1. The maximum Gasteiger partial charge on any atom is 0.409 e. The van der Waals surface area contributed by atoms with Crippen LogP contribution in [0.4, 0.5) is 18.9 Å². The van der Waals surface area contributed by atoms with Gasteiger partial charge in [0.2, 0.25) is 0 Å². The van der Waals surface area contributed by atoms with Gasteiger partial charge in [-0.1, -0.05) is 31.2 Å². The van der Waals surface area contributed by atoms with Gasteiger partial charge in [-0.05, 0) is 54.3 Å². The van der Waals surface area contributed by atoms with Crippen LogP contribution in [0.5, 0.6) is 0 Å². The van der Waals surface area contributed by atoms with Crippen LogP contribution in [0.1, 0.15) is 40.4 Å². The first-order valence-electron chi connectivity index (χ1n) is 9.89. The summed E-state index contributed by atoms with van der Waals surface area (Å²) in [4.78, 5) is 17.1. The number of amides is 1. The van der Waals surface area contributed by atoms with Crippen molar-refractivity contribution in [2.75, 3.05) is 11.9 Å². The fraction of sp³-hybridized carbons (Fsp3) is 0.250. The van der Waals surface area contributed by atoms with E-state index in [1.807, 2.05) is 12.1 Å². The Hall–Kier alpha value is -3.19. The van der Waals surface area contributed by atoms with E-state index in [2.05, 4.69) is 17.2 Å². The minimum Gasteiger partial charge on any atom is -0.377 e. The quantitative estimate of drug-likeness (QED) is 0.450. The van der Waals surface area contributed by atoms with Gasteiger partial charge in [0.15, 0.2) is 0 Å². The molecule has 0 atom stereocenters. The molecule has 1 heterocycles. The molecule has 2 aromatic carbocycles. The van der Waals surface area contributed by atoms with E-state index in [0.717, 1.165) is 29.0 Å². The smallest absolute Gasteiger partial charge is 0.377 e. The van der Waals surface area contributed by atoms with Crippen molar-refractivity contribution in [3.8, 4) is 0 Å². The Morgan fingerprint density at radius 1 is 1.16 bits per heavy atom. The average Bonchev–Trinajstić information content (AvgIpc) is 2.72. The first-order valence-corrected chi connectivity index (χ1v) is 9.89. The van der Waals surface area contributed by atoms with Gasteiger partial charge in [0, 0.05) is 35.5 Å². The summed E-state index contributed by atoms with van der Waals surface area (Å²) in [6.07, 6.45) is -0.523. The molecule has 162 valence electrons. The molecule has 0 radical (unpaired) electrons. The van der Waals surface area contributed by atoms with Gasteiger partial charge in [-0.25, -0.2) is 0 Å². The van der Waals surface area contributed by atoms with Crippen molar-refractivity contribution >= 4 is 28.6 Å². The molecular weight excluding hydrogens is 405 g/mol. The highest BCUT2D eigenvalue weighted by atomic mass is 19.4. The summed E-state index contributed by atoms with van der Waals surface area (Å²) in [5, 5.41) is 3.76. The summed E-state index contributed by atoms with van der Waals surface area (Å²) >= 11 is 0. The first kappa shape index (κ1) is 22.5. The number of rotatable bonds is 7. The van der Waals surface area contributed by atoms with Crippen molar-refractivity contribution in [1.29, 1.82) is 0 Å². The summed E-state index contributed by atoms with van der Waals surface area (Å²) in [7, 11) is 0. The van der Waals surface area contributed by atoms with Gasteiger partial charge in [0.05, 0.1) is 12.1 Å². The molecular formula is C24H23F3N2O2. The topological polar surface area (TPSA) is 51.2 Å². The number of halogens is 3. The molecule has 0 bridgehead atoms. The lowest BCUT2D eigenvalue weighted by molar-refractivity contribution is -0.0790. The van der Waals surface area contributed by atoms with Gasteiger partial charge in [-0.3, -0.25) is 9.78 Å². The average molecular weight is 428 g/mol. The molecule has 0 aliphatic heterocycles. The highest BCUT2D eigenvalue weighted by Gasteiger charge is 2.21. The molecule has 4 nitrogen and oxygen atoms in total. The van der Waals surface area contributed by atoms with Crippen molar-refractivity contribution in [3.63, 3.8) is 0 Å². The van der Waals surface area contributed by atoms with Crippen LogP contribution in [0.15, 0.2) is 54.7 Å². The second-order valence-electron chi connectivity index (χ2n) is 7.21. The number of alkyl halides is 3. The van der Waals surface area contributed by atoms with Crippen LogP contribution >= 0.6 is 0 Å². The third-order valence-electron chi connectivity index (χ3n) is 4.58. The highest BCUT2D eigenvalue weighted by molar-refractivity contribution is 6.06. The molecule has 3 aromatic rings. The molecule has 0 unspecified atom stereocenters. The van der Waals surface area contributed by atoms with Crippen LogP contribution in [-0.4, -0.2) is 23.7 Å². The number of fused-ring (bicyclic) bond motifs is 1. The summed E-state index contributed by atoms with van der Waals surface area (Å²) in [6.45, 7) is 4.93. The summed E-state index contributed by atoms with van der Waals surface area (Å²) in [5.74, 6) is -0.340. The van der Waals surface area contributed by atoms with Crippen molar-refractivity contribution < 1.29 is 22.7 Å². The predicted molar refractivity (Wildman–Crippen MR) is 116 cm³/mol. The fourth-order valence-corrected chi connectivity index (χ4v) is 3.09. The SMILES string of the molecule is CCCOCc1cnc2cc(NC(=O)c3ccc(/C=C/C(F)(F)F)cc3C)ccc2c1. The number of nitrogens with one attached hydrogen (secondary N) is 1. The van der Waals surface area contributed by atoms with E-state index in [0.29, 0.717) is 35.6 Å². The third kappa shape index (κ3) is 6.39. The molecule has 1 amide bonds. The second-order valence-corrected chi connectivity index (χ2v) is 7.21. The number of hydrogen-bond acceptors (Lipinski definition) is 3. The zero-order chi connectivity index (χ0) is 22.4. The lowest BCUT2D eigenvalue weighted by Crippen LogP contribution is -2.13. The fourth-order valence-electron chi connectivity index (χ4n) is 3.09. The molecule has 0 fully saturated rings. The monoisotopic (exact) mass is 428 g/mol. The van der Waals surface area contributed by atoms with Gasteiger partial charge in [0.25, 0.3) is 5.91 Å². The second kappa shape index (κ2) is 9.75. The van der Waals surface area contributed by atoms with Crippen molar-refractivity contribution in [2.45, 2.75) is 33.1 Å². The van der Waals surface area contributed by atoms with Crippen LogP contribution in [0, 0.1) is 6.92 Å². The van der Waals surface area contributed by atoms with E-state index >= 15 is 0 Å². The minimum atomic E-state index is -4.38. The summed E-state index contributed by atoms with van der Waals surface area (Å²) < 4.78 is 42.5. The summed E-state index contributed by atoms with van der Waals surface area (Å²) in [6, 6.07) is 12.0. The number of allylic oxidation sites excluding steroid dienone is 1. The zero-order valence-electron chi connectivity index (χ0n) is 17.3. The molecule has 1 aromatic heterocycles. The van der Waals surface area contributed by atoms with Crippen molar-refractivity contribution in [1.82, 2.24) is 4.98 Å². The Morgan fingerprint density at radius 3 is 2.68 bits per heavy atom. The van der Waals surface area contributed by atoms with E-state index < -0.39 is 6.18 Å². The molecule has 0 spiro atoms. The van der Waals surface area contributed by atoms with Gasteiger partial charge in [0.1, 0.15) is 0 Å². The van der Waals surface area contributed by atoms with Crippen LogP contribution in [0.3, 0.4) is 0 Å². The number of carbonyl (C=O) groups is 1. The number of nitrogens with zero attached hydrogens (tertiary/aromatic N) is 1. The van der Waals surface area contributed by atoms with Crippen molar-refractivity contribution in [2.24, 2.45) is 0 Å². The largest absolute Gasteiger partial charge is 0.409 e. The summed E-state index contributed by atoms with van der Waals surface area (Å²) in [5.41, 5.74) is 3.65. The number of anilines is 1. The number of carbonyl (C=O) groups excluding carboxylic acids is 1.